The van der Waals surface area contributed by atoms with Crippen LogP contribution in [-0.4, -0.2) is 15.2 Å². The van der Waals surface area contributed by atoms with Gasteiger partial charge >= 0.3 is 0 Å². The van der Waals surface area contributed by atoms with Gasteiger partial charge in [0.25, 0.3) is 0 Å². The molecule has 0 fully saturated rings. The fourth-order valence-electron chi connectivity index (χ4n) is 1.79. The molecule has 0 spiro atoms. The van der Waals surface area contributed by atoms with E-state index in [0.717, 1.165) is 12.4 Å². The number of nitrogens with one attached hydrogen (secondary N) is 2. The summed E-state index contributed by atoms with van der Waals surface area (Å²) in [6.07, 6.45) is 1.53. The predicted octanol–water partition coefficient (Wildman–Crippen LogP) is 2.27. The van der Waals surface area contributed by atoms with Crippen molar-refractivity contribution in [3.63, 3.8) is 0 Å². The van der Waals surface area contributed by atoms with Crippen LogP contribution in [0.3, 0.4) is 0 Å². The van der Waals surface area contributed by atoms with Crippen LogP contribution in [0.5, 0.6) is 0 Å². The van der Waals surface area contributed by atoms with E-state index in [1.807, 2.05) is 0 Å². The molecule has 17 heavy (non-hydrogen) atoms. The predicted molar refractivity (Wildman–Crippen MR) is 67.6 cm³/mol. The van der Waals surface area contributed by atoms with Crippen LogP contribution in [0.25, 0.3) is 0 Å². The molecule has 0 aliphatic rings. The number of nitrogens with zero attached hydrogens (tertiary/aromatic N) is 2. The van der Waals surface area contributed by atoms with Crippen LogP contribution in [0.1, 0.15) is 35.5 Å². The van der Waals surface area contributed by atoms with Crippen LogP contribution < -0.4 is 5.32 Å². The lowest BCUT2D eigenvalue weighted by molar-refractivity contribution is 0.547. The van der Waals surface area contributed by atoms with Gasteiger partial charge in [0, 0.05) is 6.54 Å². The molecule has 2 aromatic rings. The summed E-state index contributed by atoms with van der Waals surface area (Å²) in [6.45, 7) is 7.21. The molecular weight excluding hydrogens is 212 g/mol. The highest BCUT2D eigenvalue weighted by atomic mass is 15.2. The molecule has 4 heteroatoms. The van der Waals surface area contributed by atoms with Gasteiger partial charge in [-0.25, -0.2) is 4.98 Å². The van der Waals surface area contributed by atoms with Gasteiger partial charge in [-0.1, -0.05) is 18.2 Å². The molecule has 0 saturated heterocycles. The highest BCUT2D eigenvalue weighted by Crippen LogP contribution is 2.14. The first-order chi connectivity index (χ1) is 8.18. The normalized spacial score (nSPS) is 12.6. The fraction of sp³-hybridized carbons (Fsp3) is 0.385. The number of aromatic amines is 1. The number of hydrogen-bond acceptors (Lipinski definition) is 3. The highest BCUT2D eigenvalue weighted by molar-refractivity contribution is 5.32. The molecule has 1 unspecified atom stereocenters. The van der Waals surface area contributed by atoms with Crippen molar-refractivity contribution in [2.75, 3.05) is 0 Å². The Labute approximate surface area is 101 Å². The maximum absolute atomic E-state index is 4.14. The van der Waals surface area contributed by atoms with Gasteiger partial charge in [0.2, 0.25) is 0 Å². The summed E-state index contributed by atoms with van der Waals surface area (Å²) in [6, 6.07) is 6.57. The van der Waals surface area contributed by atoms with Crippen molar-refractivity contribution < 1.29 is 0 Å². The number of hydrogen-bond donors (Lipinski definition) is 2. The van der Waals surface area contributed by atoms with E-state index in [9.17, 15) is 0 Å². The zero-order valence-corrected chi connectivity index (χ0v) is 10.5. The number of H-pyrrole nitrogens is 1. The van der Waals surface area contributed by atoms with E-state index < -0.39 is 0 Å². The smallest absolute Gasteiger partial charge is 0.141 e. The van der Waals surface area contributed by atoms with Crippen LogP contribution in [0.2, 0.25) is 0 Å². The van der Waals surface area contributed by atoms with Crippen LogP contribution in [0, 0.1) is 13.8 Å². The Bertz CT molecular complexity index is 476. The number of rotatable bonds is 4. The Balaban J connectivity index is 2.00. The fourth-order valence-corrected chi connectivity index (χ4v) is 1.79. The average Bonchev–Trinajstić information content (AvgIpc) is 2.84. The van der Waals surface area contributed by atoms with E-state index in [0.29, 0.717) is 0 Å². The lowest BCUT2D eigenvalue weighted by atomic mass is 10.0. The molecule has 1 aromatic carbocycles. The summed E-state index contributed by atoms with van der Waals surface area (Å²) >= 11 is 0. The summed E-state index contributed by atoms with van der Waals surface area (Å²) in [5, 5.41) is 10.2. The van der Waals surface area contributed by atoms with Crippen LogP contribution in [0.4, 0.5) is 0 Å². The first-order valence-electron chi connectivity index (χ1n) is 5.82. The molecule has 1 heterocycles. The van der Waals surface area contributed by atoms with Crippen LogP contribution >= 0.6 is 0 Å². The van der Waals surface area contributed by atoms with Crippen molar-refractivity contribution in [1.29, 1.82) is 0 Å². The quantitative estimate of drug-likeness (QED) is 0.847. The SMILES string of the molecule is Cc1cccc(CNC(C)c2ncn[nH]2)c1C. The molecule has 1 aromatic heterocycles. The lowest BCUT2D eigenvalue weighted by Gasteiger charge is -2.13. The van der Waals surface area contributed by atoms with E-state index in [2.05, 4.69) is 59.5 Å². The molecule has 2 rings (SSSR count). The maximum Gasteiger partial charge on any atom is 0.141 e. The number of aryl methyl sites for hydroxylation is 1. The minimum Gasteiger partial charge on any atom is -0.303 e. The van der Waals surface area contributed by atoms with Crippen molar-refractivity contribution in [3.05, 3.63) is 47.0 Å². The molecule has 0 aliphatic heterocycles. The summed E-state index contributed by atoms with van der Waals surface area (Å²) < 4.78 is 0. The van der Waals surface area contributed by atoms with Crippen molar-refractivity contribution in [2.45, 2.75) is 33.4 Å². The molecule has 0 amide bonds. The number of aromatic nitrogens is 3. The van der Waals surface area contributed by atoms with E-state index >= 15 is 0 Å². The molecular formula is C13H18N4. The van der Waals surface area contributed by atoms with Gasteiger partial charge in [0.05, 0.1) is 6.04 Å². The Morgan fingerprint density at radius 2 is 2.18 bits per heavy atom. The third-order valence-electron chi connectivity index (χ3n) is 3.16. The van der Waals surface area contributed by atoms with Crippen molar-refractivity contribution in [2.24, 2.45) is 0 Å². The minimum absolute atomic E-state index is 0.178. The van der Waals surface area contributed by atoms with Crippen molar-refractivity contribution in [3.8, 4) is 0 Å². The van der Waals surface area contributed by atoms with Crippen molar-refractivity contribution >= 4 is 0 Å². The zero-order chi connectivity index (χ0) is 12.3. The van der Waals surface area contributed by atoms with Gasteiger partial charge in [0.15, 0.2) is 0 Å². The van der Waals surface area contributed by atoms with Crippen LogP contribution in [0.15, 0.2) is 24.5 Å². The Morgan fingerprint density at radius 1 is 1.35 bits per heavy atom. The summed E-state index contributed by atoms with van der Waals surface area (Å²) in [4.78, 5) is 4.14. The van der Waals surface area contributed by atoms with E-state index in [-0.39, 0.29) is 6.04 Å². The summed E-state index contributed by atoms with van der Waals surface area (Å²) in [5.74, 6) is 0.871. The van der Waals surface area contributed by atoms with E-state index in [1.165, 1.54) is 23.0 Å². The average molecular weight is 230 g/mol. The largest absolute Gasteiger partial charge is 0.303 e. The van der Waals surface area contributed by atoms with Gasteiger partial charge in [-0.15, -0.1) is 0 Å². The van der Waals surface area contributed by atoms with Gasteiger partial charge in [-0.2, -0.15) is 5.10 Å². The molecule has 1 atom stereocenters. The standard InChI is InChI=1S/C13H18N4/c1-9-5-4-6-12(10(9)2)7-14-11(3)13-15-8-16-17-13/h4-6,8,11,14H,7H2,1-3H3,(H,15,16,17). The number of benzene rings is 1. The molecule has 4 nitrogen and oxygen atoms in total. The highest BCUT2D eigenvalue weighted by Gasteiger charge is 2.08. The molecule has 0 aliphatic carbocycles. The van der Waals surface area contributed by atoms with E-state index in [4.69, 9.17) is 0 Å². The second-order valence-corrected chi connectivity index (χ2v) is 4.33. The lowest BCUT2D eigenvalue weighted by Crippen LogP contribution is -2.19. The third-order valence-corrected chi connectivity index (χ3v) is 3.16. The Kier molecular flexibility index (Phi) is 3.54. The second-order valence-electron chi connectivity index (χ2n) is 4.33. The van der Waals surface area contributed by atoms with Gasteiger partial charge < -0.3 is 5.32 Å². The molecule has 0 bridgehead atoms. The second kappa shape index (κ2) is 5.10. The Morgan fingerprint density at radius 3 is 2.88 bits per heavy atom. The van der Waals surface area contributed by atoms with Gasteiger partial charge in [-0.3, -0.25) is 5.10 Å². The van der Waals surface area contributed by atoms with Crippen LogP contribution in [-0.2, 0) is 6.54 Å². The maximum atomic E-state index is 4.14. The van der Waals surface area contributed by atoms with Gasteiger partial charge in [-0.05, 0) is 37.5 Å². The molecule has 0 radical (unpaired) electrons. The van der Waals surface area contributed by atoms with Crippen molar-refractivity contribution in [1.82, 2.24) is 20.5 Å². The monoisotopic (exact) mass is 230 g/mol. The first-order valence-corrected chi connectivity index (χ1v) is 5.82. The summed E-state index contributed by atoms with van der Waals surface area (Å²) in [7, 11) is 0. The minimum atomic E-state index is 0.178. The third kappa shape index (κ3) is 2.71. The molecule has 0 saturated carbocycles. The first kappa shape index (κ1) is 11.8. The molecule has 90 valence electrons. The Hall–Kier alpha value is -1.68. The summed E-state index contributed by atoms with van der Waals surface area (Å²) in [5.41, 5.74) is 4.01. The molecule has 2 N–H and O–H groups in total. The topological polar surface area (TPSA) is 53.6 Å². The van der Waals surface area contributed by atoms with E-state index in [1.54, 1.807) is 0 Å². The van der Waals surface area contributed by atoms with Gasteiger partial charge in [0.1, 0.15) is 12.2 Å². The zero-order valence-electron chi connectivity index (χ0n) is 10.5.